The number of hydrogen-bond acceptors (Lipinski definition) is 10. The van der Waals surface area contributed by atoms with E-state index in [0.717, 1.165) is 50.1 Å². The van der Waals surface area contributed by atoms with E-state index < -0.39 is 35.3 Å². The van der Waals surface area contributed by atoms with Crippen LogP contribution in [0.25, 0.3) is 33.3 Å². The summed E-state index contributed by atoms with van der Waals surface area (Å²) in [7, 11) is 1.66. The molecule has 2 saturated heterocycles. The van der Waals surface area contributed by atoms with Crippen LogP contribution in [-0.2, 0) is 54.6 Å². The van der Waals surface area contributed by atoms with Crippen molar-refractivity contribution < 1.29 is 33.8 Å². The Morgan fingerprint density at radius 2 is 1.90 bits per heavy atom. The Labute approximate surface area is 363 Å². The molecule has 4 N–H and O–H groups in total. The number of aryl methyl sites for hydroxylation is 1. The number of aromatic nitrogens is 2. The second-order valence-corrected chi connectivity index (χ2v) is 17.6. The highest BCUT2D eigenvalue weighted by Gasteiger charge is 2.36. The standard InChI is InChI=1S/C48H59N7O7/c1-8-43(57)53-25-33(26-53)50-24-38(29(3)4)45(58)51-40-20-30-18-32(21-34(56)19-30)31-14-15-42-36(22-31)37(44(54(42)9-2)35-12-10-16-49-41(35)27-61-7)23-48(5,6)28-62-47(60)39-13-11-17-55(52-39)46(40)59/h8,10,12,14-16,18-19,21-22,33,39-40,50,52,56H,1,9,11,13,17,20,23-28H2,2-7H3,(H,51,58)/t39-,40?/m0/s1. The molecular formula is C48H59N7O7. The normalized spacial score (nSPS) is 19.3. The fraction of sp³-hybridized carbons (Fsp3) is 0.438. The van der Waals surface area contributed by atoms with Gasteiger partial charge < -0.3 is 34.7 Å². The SMILES string of the molecule is C=CC(=O)N1CC(NCC(C(=O)NC2Cc3cc(O)cc(c3)-c3ccc4c(c3)c(c(-c3cccnc3COC)n4CC)CC(C)(C)COC(=O)[C@@H]3CCCN(N3)C2=O)=C(C)C)C1. The number of benzene rings is 2. The van der Waals surface area contributed by atoms with Crippen LogP contribution >= 0.6 is 0 Å². The number of esters is 1. The topological polar surface area (TPSA) is 167 Å². The summed E-state index contributed by atoms with van der Waals surface area (Å²) in [4.78, 5) is 60.9. The number of ether oxygens (including phenoxy) is 2. The van der Waals surface area contributed by atoms with E-state index in [4.69, 9.17) is 14.5 Å². The van der Waals surface area contributed by atoms with Crippen LogP contribution in [0.4, 0.5) is 0 Å². The van der Waals surface area contributed by atoms with Crippen LogP contribution < -0.4 is 16.1 Å². The van der Waals surface area contributed by atoms with Crippen LogP contribution in [0.3, 0.4) is 0 Å². The quantitative estimate of drug-likeness (QED) is 0.123. The van der Waals surface area contributed by atoms with Gasteiger partial charge in [0.1, 0.15) is 17.8 Å². The van der Waals surface area contributed by atoms with Gasteiger partial charge in [-0.15, -0.1) is 0 Å². The molecule has 14 nitrogen and oxygen atoms in total. The Hall–Kier alpha value is -5.83. The molecule has 0 spiro atoms. The van der Waals surface area contributed by atoms with Gasteiger partial charge in [0.25, 0.3) is 5.91 Å². The summed E-state index contributed by atoms with van der Waals surface area (Å²) >= 11 is 0. The molecule has 0 saturated carbocycles. The number of aromatic hydroxyl groups is 1. The van der Waals surface area contributed by atoms with E-state index >= 15 is 0 Å². The van der Waals surface area contributed by atoms with Crippen molar-refractivity contribution in [2.75, 3.05) is 39.9 Å². The largest absolute Gasteiger partial charge is 0.508 e. The number of cyclic esters (lactones) is 1. The molecule has 7 rings (SSSR count). The smallest absolute Gasteiger partial charge is 0.324 e. The molecular weight excluding hydrogens is 787 g/mol. The van der Waals surface area contributed by atoms with Gasteiger partial charge in [-0.25, -0.2) is 5.43 Å². The first-order valence-electron chi connectivity index (χ1n) is 21.5. The van der Waals surface area contributed by atoms with Gasteiger partial charge in [-0.2, -0.15) is 0 Å². The summed E-state index contributed by atoms with van der Waals surface area (Å²) in [6, 6.07) is 13.7. The fourth-order valence-electron chi connectivity index (χ4n) is 8.81. The molecule has 328 valence electrons. The second kappa shape index (κ2) is 18.6. The highest BCUT2D eigenvalue weighted by Crippen LogP contribution is 2.41. The van der Waals surface area contributed by atoms with E-state index in [0.29, 0.717) is 63.2 Å². The zero-order chi connectivity index (χ0) is 44.3. The molecule has 3 aliphatic heterocycles. The van der Waals surface area contributed by atoms with Crippen molar-refractivity contribution in [1.29, 1.82) is 0 Å². The number of pyridine rings is 1. The number of methoxy groups -OCH3 is 1. The monoisotopic (exact) mass is 845 g/mol. The third-order valence-electron chi connectivity index (χ3n) is 12.1. The zero-order valence-corrected chi connectivity index (χ0v) is 36.7. The number of hydrogen-bond donors (Lipinski definition) is 4. The first-order valence-corrected chi connectivity index (χ1v) is 21.5. The van der Waals surface area contributed by atoms with Crippen molar-refractivity contribution >= 4 is 34.6 Å². The number of likely N-dealkylation sites (tertiary alicyclic amines) is 1. The van der Waals surface area contributed by atoms with Crippen LogP contribution in [-0.4, -0.2) is 106 Å². The Morgan fingerprint density at radius 3 is 2.63 bits per heavy atom. The summed E-state index contributed by atoms with van der Waals surface area (Å²) in [6.07, 6.45) is 4.70. The highest BCUT2D eigenvalue weighted by atomic mass is 16.5. The number of nitrogens with one attached hydrogen (secondary N) is 3. The van der Waals surface area contributed by atoms with Gasteiger partial charge in [-0.1, -0.05) is 38.1 Å². The van der Waals surface area contributed by atoms with Crippen molar-refractivity contribution in [3.63, 3.8) is 0 Å². The molecule has 3 amide bonds. The van der Waals surface area contributed by atoms with E-state index in [9.17, 15) is 24.3 Å². The number of nitrogens with zero attached hydrogens (tertiary/aromatic N) is 4. The van der Waals surface area contributed by atoms with Crippen molar-refractivity contribution in [3.05, 3.63) is 95.3 Å². The molecule has 2 aromatic heterocycles. The molecule has 4 aromatic rings. The zero-order valence-electron chi connectivity index (χ0n) is 36.7. The molecule has 3 aliphatic rings. The fourth-order valence-corrected chi connectivity index (χ4v) is 8.81. The number of carbonyl (C=O) groups excluding carboxylic acids is 4. The summed E-state index contributed by atoms with van der Waals surface area (Å²) in [6.45, 7) is 16.2. The van der Waals surface area contributed by atoms with Crippen molar-refractivity contribution in [3.8, 4) is 28.1 Å². The van der Waals surface area contributed by atoms with Gasteiger partial charge in [0.2, 0.25) is 11.8 Å². The number of phenolic OH excluding ortho intramolecular Hbond substituents is 1. The molecule has 14 heteroatoms. The molecule has 6 bridgehead atoms. The minimum Gasteiger partial charge on any atom is -0.508 e. The van der Waals surface area contributed by atoms with Crippen molar-refractivity contribution in [2.24, 2.45) is 5.41 Å². The first-order chi connectivity index (χ1) is 29.7. The number of hydrazine groups is 1. The van der Waals surface area contributed by atoms with Gasteiger partial charge in [0, 0.05) is 85.9 Å². The maximum absolute atomic E-state index is 14.5. The highest BCUT2D eigenvalue weighted by molar-refractivity contribution is 5.98. The van der Waals surface area contributed by atoms with E-state index in [1.54, 1.807) is 30.3 Å². The Kier molecular flexibility index (Phi) is 13.3. The summed E-state index contributed by atoms with van der Waals surface area (Å²) in [5, 5.41) is 20.1. The average Bonchev–Trinajstić information content (AvgIpc) is 3.53. The summed E-state index contributed by atoms with van der Waals surface area (Å²) in [5.74, 6) is -1.40. The average molecular weight is 846 g/mol. The third kappa shape index (κ3) is 9.47. The van der Waals surface area contributed by atoms with E-state index in [1.807, 2.05) is 32.0 Å². The third-order valence-corrected chi connectivity index (χ3v) is 12.1. The molecule has 62 heavy (non-hydrogen) atoms. The van der Waals surface area contributed by atoms with Gasteiger partial charge in [0.05, 0.1) is 24.6 Å². The number of amides is 3. The molecule has 2 fully saturated rings. The number of carbonyl (C=O) groups is 4. The maximum Gasteiger partial charge on any atom is 0.324 e. The molecule has 1 unspecified atom stereocenters. The Balaban J connectivity index is 1.29. The van der Waals surface area contributed by atoms with Crippen LogP contribution in [0.1, 0.15) is 64.3 Å². The van der Waals surface area contributed by atoms with Crippen LogP contribution in [0.5, 0.6) is 5.75 Å². The van der Waals surface area contributed by atoms with Gasteiger partial charge in [-0.3, -0.25) is 29.2 Å². The Bertz CT molecular complexity index is 2410. The maximum atomic E-state index is 14.5. The van der Waals surface area contributed by atoms with E-state index in [2.05, 4.69) is 66.2 Å². The van der Waals surface area contributed by atoms with E-state index in [-0.39, 0.29) is 37.3 Å². The number of allylic oxidation sites excluding steroid dienone is 1. The molecule has 2 aromatic carbocycles. The minimum atomic E-state index is -1.06. The second-order valence-electron chi connectivity index (χ2n) is 17.6. The molecule has 0 aliphatic carbocycles. The van der Waals surface area contributed by atoms with Crippen LogP contribution in [0.2, 0.25) is 0 Å². The van der Waals surface area contributed by atoms with E-state index in [1.165, 1.54) is 11.1 Å². The summed E-state index contributed by atoms with van der Waals surface area (Å²) < 4.78 is 14.0. The molecule has 0 radical (unpaired) electrons. The lowest BCUT2D eigenvalue weighted by molar-refractivity contribution is -0.155. The lowest BCUT2D eigenvalue weighted by Gasteiger charge is -2.39. The lowest BCUT2D eigenvalue weighted by atomic mass is 9.84. The van der Waals surface area contributed by atoms with Crippen LogP contribution in [0, 0.1) is 5.41 Å². The van der Waals surface area contributed by atoms with Gasteiger partial charge in [-0.05, 0) is 105 Å². The summed E-state index contributed by atoms with van der Waals surface area (Å²) in [5.41, 5.74) is 11.0. The molecule has 5 heterocycles. The molecule has 2 atom stereocenters. The lowest BCUT2D eigenvalue weighted by Crippen LogP contribution is -2.61. The Morgan fingerprint density at radius 1 is 1.11 bits per heavy atom. The number of phenols is 1. The van der Waals surface area contributed by atoms with Gasteiger partial charge in [0.15, 0.2) is 0 Å². The number of fused-ring (bicyclic) bond motifs is 6. The predicted octanol–water partition coefficient (Wildman–Crippen LogP) is 5.21. The first kappa shape index (κ1) is 44.2. The van der Waals surface area contributed by atoms with Crippen molar-refractivity contribution in [2.45, 2.75) is 91.6 Å². The number of rotatable bonds is 10. The van der Waals surface area contributed by atoms with Gasteiger partial charge >= 0.3 is 5.97 Å². The van der Waals surface area contributed by atoms with Crippen LogP contribution in [0.15, 0.2) is 78.5 Å². The van der Waals surface area contributed by atoms with Crippen molar-refractivity contribution in [1.82, 2.24) is 35.5 Å². The predicted molar refractivity (Wildman–Crippen MR) is 238 cm³/mol. The minimum absolute atomic E-state index is 0.00949.